The molecule has 4 unspecified atom stereocenters. The summed E-state index contributed by atoms with van der Waals surface area (Å²) in [6.45, 7) is 4.94. The highest BCUT2D eigenvalue weighted by molar-refractivity contribution is 7.92. The fraction of sp³-hybridized carbons (Fsp3) is 0.622. The number of nitrogens with one attached hydrogen (secondary N) is 1. The molecule has 246 valence electrons. The summed E-state index contributed by atoms with van der Waals surface area (Å²) >= 11 is 0. The number of rotatable bonds is 9. The number of piperidine rings is 1. The van der Waals surface area contributed by atoms with Gasteiger partial charge in [0.2, 0.25) is 0 Å². The van der Waals surface area contributed by atoms with E-state index in [2.05, 4.69) is 33.3 Å². The third-order valence-electron chi connectivity index (χ3n) is 12.3. The first kappa shape index (κ1) is 31.5. The Morgan fingerprint density at radius 1 is 0.978 bits per heavy atom. The van der Waals surface area contributed by atoms with Crippen LogP contribution in [0.5, 0.6) is 0 Å². The number of nitriles is 1. The van der Waals surface area contributed by atoms with E-state index in [9.17, 15) is 18.5 Å². The molecule has 46 heavy (non-hydrogen) atoms. The Balaban J connectivity index is 0.953. The normalized spacial score (nSPS) is 30.0. The lowest BCUT2D eigenvalue weighted by Gasteiger charge is -2.48. The van der Waals surface area contributed by atoms with Crippen LogP contribution in [0, 0.1) is 40.9 Å². The van der Waals surface area contributed by atoms with Crippen LogP contribution in [0.2, 0.25) is 0 Å². The largest absolute Gasteiger partial charge is 0.453 e. The molecule has 2 saturated heterocycles. The van der Waals surface area contributed by atoms with Crippen molar-refractivity contribution in [3.8, 4) is 6.07 Å². The Hall–Kier alpha value is -3.09. The molecule has 5 fully saturated rings. The van der Waals surface area contributed by atoms with Gasteiger partial charge in [-0.2, -0.15) is 5.26 Å². The lowest BCUT2D eigenvalue weighted by molar-refractivity contribution is 0.0939. The van der Waals surface area contributed by atoms with Crippen LogP contribution in [0.15, 0.2) is 59.5 Å². The zero-order chi connectivity index (χ0) is 31.9. The van der Waals surface area contributed by atoms with E-state index in [1.165, 1.54) is 13.5 Å². The van der Waals surface area contributed by atoms with Crippen molar-refractivity contribution in [2.45, 2.75) is 79.4 Å². The van der Waals surface area contributed by atoms with E-state index in [4.69, 9.17) is 4.74 Å². The minimum absolute atomic E-state index is 0.0467. The minimum Gasteiger partial charge on any atom is -0.453 e. The number of benzene rings is 2. The monoisotopic (exact) mass is 644 g/mol. The first-order chi connectivity index (χ1) is 22.3. The van der Waals surface area contributed by atoms with Crippen LogP contribution in [-0.4, -0.2) is 70.5 Å². The number of amides is 1. The van der Waals surface area contributed by atoms with Crippen LogP contribution in [0.25, 0.3) is 0 Å². The number of carbonyl (C=O) groups excluding carboxylic acids is 1. The smallest absolute Gasteiger partial charge is 0.407 e. The Morgan fingerprint density at radius 2 is 1.72 bits per heavy atom. The second-order valence-corrected chi connectivity index (χ2v) is 16.9. The number of carbonyl (C=O) groups is 1. The van der Waals surface area contributed by atoms with Gasteiger partial charge in [-0.05, 0) is 106 Å². The molecule has 2 heterocycles. The van der Waals surface area contributed by atoms with Crippen molar-refractivity contribution in [1.82, 2.24) is 10.2 Å². The number of fused-ring (bicyclic) bond motifs is 2. The predicted molar refractivity (Wildman–Crippen MR) is 178 cm³/mol. The SMILES string of the molecule is COC(=O)N[C@H]1CCC[C@@H]1C(C#N)(c1ccccc1)C1CCN(CC2CN(c3ccc(S(=O)(=O)C4CC5CCC4C5)cc3)C2)CC1. The number of nitrogens with zero attached hydrogens (tertiary/aromatic N) is 3. The van der Waals surface area contributed by atoms with E-state index in [0.717, 1.165) is 95.3 Å². The van der Waals surface area contributed by atoms with E-state index in [1.807, 2.05) is 42.5 Å². The number of anilines is 1. The zero-order valence-corrected chi connectivity index (χ0v) is 27.8. The number of sulfone groups is 1. The van der Waals surface area contributed by atoms with Gasteiger partial charge in [-0.25, -0.2) is 13.2 Å². The van der Waals surface area contributed by atoms with Crippen molar-refractivity contribution in [2.24, 2.45) is 29.6 Å². The number of hydrogen-bond acceptors (Lipinski definition) is 7. The summed E-state index contributed by atoms with van der Waals surface area (Å²) in [7, 11) is -1.85. The van der Waals surface area contributed by atoms with Crippen molar-refractivity contribution in [3.63, 3.8) is 0 Å². The fourth-order valence-electron chi connectivity index (χ4n) is 10.0. The fourth-order valence-corrected chi connectivity index (χ4v) is 12.2. The van der Waals surface area contributed by atoms with Gasteiger partial charge in [-0.3, -0.25) is 0 Å². The number of methoxy groups -OCH3 is 1. The van der Waals surface area contributed by atoms with Crippen LogP contribution in [0.4, 0.5) is 10.5 Å². The molecule has 7 rings (SSSR count). The summed E-state index contributed by atoms with van der Waals surface area (Å²) in [5, 5.41) is 13.8. The molecule has 2 aliphatic heterocycles. The Morgan fingerprint density at radius 3 is 2.35 bits per heavy atom. The second-order valence-electron chi connectivity index (χ2n) is 14.7. The first-order valence-corrected chi connectivity index (χ1v) is 19.0. The maximum absolute atomic E-state index is 13.3. The quantitative estimate of drug-likeness (QED) is 0.369. The summed E-state index contributed by atoms with van der Waals surface area (Å²) in [5.74, 6) is 1.81. The van der Waals surface area contributed by atoms with Gasteiger partial charge in [0, 0.05) is 43.2 Å². The van der Waals surface area contributed by atoms with Crippen LogP contribution >= 0.6 is 0 Å². The van der Waals surface area contributed by atoms with Gasteiger partial charge in [0.25, 0.3) is 0 Å². The molecule has 3 saturated carbocycles. The molecule has 6 atom stereocenters. The number of hydrogen-bond donors (Lipinski definition) is 1. The minimum atomic E-state index is -3.25. The van der Waals surface area contributed by atoms with Gasteiger partial charge in [0.05, 0.1) is 28.7 Å². The van der Waals surface area contributed by atoms with Crippen molar-refractivity contribution in [2.75, 3.05) is 44.7 Å². The molecular weight excluding hydrogens is 596 g/mol. The number of likely N-dealkylation sites (tertiary alicyclic amines) is 1. The first-order valence-electron chi connectivity index (χ1n) is 17.4. The molecule has 3 aliphatic carbocycles. The van der Waals surface area contributed by atoms with Crippen LogP contribution in [0.3, 0.4) is 0 Å². The van der Waals surface area contributed by atoms with Crippen LogP contribution in [0.1, 0.15) is 63.4 Å². The van der Waals surface area contributed by atoms with Gasteiger partial charge in [0.15, 0.2) is 9.84 Å². The zero-order valence-electron chi connectivity index (χ0n) is 27.0. The van der Waals surface area contributed by atoms with Crippen LogP contribution in [-0.2, 0) is 20.0 Å². The standard InChI is InChI=1S/C37H48N4O4S/c1-45-36(42)39-34-9-5-8-33(34)37(25-38,29-6-3-2-4-7-29)30-16-18-40(19-17-30)22-27-23-41(24-27)31-12-14-32(15-13-31)46(43,44)35-21-26-10-11-28(35)20-26/h2-4,6-7,12-15,26-28,30,33-35H,5,8-11,16-24H2,1H3,(H,39,42)/t26?,28?,33-,34-,35?,37?/m0/s1. The van der Waals surface area contributed by atoms with Crippen molar-refractivity contribution >= 4 is 21.6 Å². The van der Waals surface area contributed by atoms with Gasteiger partial charge in [-0.1, -0.05) is 43.2 Å². The average Bonchev–Trinajstić information content (AvgIpc) is 3.83. The Kier molecular flexibility index (Phi) is 8.79. The number of ether oxygens (including phenoxy) is 1. The van der Waals surface area contributed by atoms with E-state index in [-0.39, 0.29) is 23.1 Å². The van der Waals surface area contributed by atoms with E-state index in [0.29, 0.717) is 22.6 Å². The predicted octanol–water partition coefficient (Wildman–Crippen LogP) is 5.78. The van der Waals surface area contributed by atoms with Gasteiger partial charge < -0.3 is 19.9 Å². The summed E-state index contributed by atoms with van der Waals surface area (Å²) in [5.41, 5.74) is 1.53. The molecule has 2 aromatic rings. The summed E-state index contributed by atoms with van der Waals surface area (Å²) < 4.78 is 31.6. The van der Waals surface area contributed by atoms with Crippen molar-refractivity contribution in [3.05, 3.63) is 60.2 Å². The molecule has 1 N–H and O–H groups in total. The van der Waals surface area contributed by atoms with E-state index < -0.39 is 21.3 Å². The Bertz CT molecular complexity index is 1530. The molecule has 9 heteroatoms. The average molecular weight is 645 g/mol. The van der Waals surface area contributed by atoms with Crippen molar-refractivity contribution in [1.29, 1.82) is 5.26 Å². The molecule has 0 spiro atoms. The third kappa shape index (κ3) is 5.70. The molecule has 1 amide bonds. The molecule has 0 radical (unpaired) electrons. The van der Waals surface area contributed by atoms with Crippen molar-refractivity contribution < 1.29 is 17.9 Å². The highest BCUT2D eigenvalue weighted by Gasteiger charge is 2.53. The second kappa shape index (κ2) is 12.8. The lowest BCUT2D eigenvalue weighted by atomic mass is 9.59. The molecule has 8 nitrogen and oxygen atoms in total. The van der Waals surface area contributed by atoms with Gasteiger partial charge in [0.1, 0.15) is 0 Å². The summed E-state index contributed by atoms with van der Waals surface area (Å²) in [6, 6.07) is 20.7. The van der Waals surface area contributed by atoms with E-state index >= 15 is 0 Å². The number of alkyl carbamates (subject to hydrolysis) is 1. The van der Waals surface area contributed by atoms with Gasteiger partial charge >= 0.3 is 6.09 Å². The topological polar surface area (TPSA) is 103 Å². The molecular formula is C37H48N4O4S. The molecule has 0 aromatic heterocycles. The van der Waals surface area contributed by atoms with E-state index in [1.54, 1.807) is 0 Å². The Labute approximate surface area is 274 Å². The third-order valence-corrected chi connectivity index (χ3v) is 14.6. The van der Waals surface area contributed by atoms with Gasteiger partial charge in [-0.15, -0.1) is 0 Å². The molecule has 5 aliphatic rings. The highest BCUT2D eigenvalue weighted by atomic mass is 32.2. The highest BCUT2D eigenvalue weighted by Crippen LogP contribution is 2.51. The lowest BCUT2D eigenvalue weighted by Crippen LogP contribution is -2.55. The molecule has 2 bridgehead atoms. The maximum Gasteiger partial charge on any atom is 0.407 e. The molecule has 2 aromatic carbocycles. The summed E-state index contributed by atoms with van der Waals surface area (Å²) in [6.07, 6.45) is 8.49. The van der Waals surface area contributed by atoms with Crippen LogP contribution < -0.4 is 10.2 Å². The maximum atomic E-state index is 13.3. The summed E-state index contributed by atoms with van der Waals surface area (Å²) in [4.78, 5) is 17.6.